The quantitative estimate of drug-likeness (QED) is 0.668. The first-order valence-corrected chi connectivity index (χ1v) is 9.23. The second kappa shape index (κ2) is 7.87. The number of halogens is 3. The number of rotatable bonds is 7. The summed E-state index contributed by atoms with van der Waals surface area (Å²) in [6, 6.07) is 0.0687. The molecule has 0 saturated heterocycles. The Bertz CT molecular complexity index is 691. The first kappa shape index (κ1) is 19.7. The van der Waals surface area contributed by atoms with Gasteiger partial charge in [-0.3, -0.25) is 14.3 Å². The highest BCUT2D eigenvalue weighted by molar-refractivity contribution is 6.02. The van der Waals surface area contributed by atoms with E-state index in [0.29, 0.717) is 0 Å². The molecular weight excluding hydrogens is 363 g/mol. The van der Waals surface area contributed by atoms with E-state index in [1.165, 1.54) is 0 Å². The Morgan fingerprint density at radius 3 is 2.41 bits per heavy atom. The van der Waals surface area contributed by atoms with Crippen molar-refractivity contribution in [2.45, 2.75) is 63.2 Å². The molecule has 0 radical (unpaired) electrons. The highest BCUT2D eigenvalue weighted by Crippen LogP contribution is 2.32. The minimum atomic E-state index is -4.15. The van der Waals surface area contributed by atoms with E-state index in [9.17, 15) is 22.8 Å². The van der Waals surface area contributed by atoms with Gasteiger partial charge in [-0.1, -0.05) is 0 Å². The number of nitrogens with two attached hydrogens (primary N) is 1. The monoisotopic (exact) mass is 387 g/mol. The molecule has 27 heavy (non-hydrogen) atoms. The van der Waals surface area contributed by atoms with Gasteiger partial charge in [-0.25, -0.2) is 0 Å². The fraction of sp³-hybridized carbons (Fsp3) is 0.706. The Morgan fingerprint density at radius 2 is 1.85 bits per heavy atom. The van der Waals surface area contributed by atoms with Crippen LogP contribution in [-0.2, 0) is 4.79 Å². The lowest BCUT2D eigenvalue weighted by atomic mass is 9.91. The molecule has 7 nitrogen and oxygen atoms in total. The predicted molar refractivity (Wildman–Crippen MR) is 92.1 cm³/mol. The molecule has 1 heterocycles. The van der Waals surface area contributed by atoms with Crippen molar-refractivity contribution in [1.29, 1.82) is 0 Å². The van der Waals surface area contributed by atoms with E-state index < -0.39 is 18.5 Å². The number of carbonyl (C=O) groups is 2. The smallest absolute Gasteiger partial charge is 0.365 e. The third-order valence-corrected chi connectivity index (χ3v) is 5.10. The number of nitrogens with one attached hydrogen (secondary N) is 2. The summed E-state index contributed by atoms with van der Waals surface area (Å²) >= 11 is 0. The van der Waals surface area contributed by atoms with Gasteiger partial charge < -0.3 is 16.4 Å². The predicted octanol–water partition coefficient (Wildman–Crippen LogP) is 2.36. The zero-order valence-electron chi connectivity index (χ0n) is 14.9. The van der Waals surface area contributed by atoms with Crippen LogP contribution < -0.4 is 16.4 Å². The van der Waals surface area contributed by atoms with E-state index in [-0.39, 0.29) is 41.8 Å². The van der Waals surface area contributed by atoms with Gasteiger partial charge in [-0.15, -0.1) is 0 Å². The Kier molecular flexibility index (Phi) is 5.73. The molecular formula is C17H24F3N5O2. The zero-order chi connectivity index (χ0) is 19.6. The maximum atomic E-state index is 12.2. The molecule has 0 atom stereocenters. The Balaban J connectivity index is 1.55. The van der Waals surface area contributed by atoms with Crippen LogP contribution >= 0.6 is 0 Å². The molecule has 0 bridgehead atoms. The van der Waals surface area contributed by atoms with Gasteiger partial charge in [-0.2, -0.15) is 18.3 Å². The minimum Gasteiger partial charge on any atom is -0.365 e. The molecule has 0 spiro atoms. The van der Waals surface area contributed by atoms with E-state index >= 15 is 0 Å². The van der Waals surface area contributed by atoms with Crippen LogP contribution in [0.4, 0.5) is 19.0 Å². The second-order valence-electron chi connectivity index (χ2n) is 7.32. The van der Waals surface area contributed by atoms with Crippen molar-refractivity contribution in [3.63, 3.8) is 0 Å². The number of nitrogens with zero attached hydrogens (tertiary/aromatic N) is 2. The minimum absolute atomic E-state index is 0.0194. The standard InChI is InChI=1S/C17H24F3N5O2/c18-17(19,20)7-8-22-11-3-5-12(6-4-11)25-9-13(14(21)26)15(24-25)23-16(27)10-1-2-10/h9-12,22H,1-8H2,(H2,21,26)(H,23,24,27). The van der Waals surface area contributed by atoms with Crippen LogP contribution in [-0.4, -0.2) is 40.4 Å². The normalized spacial score (nSPS) is 23.2. The number of hydrogen-bond donors (Lipinski definition) is 3. The second-order valence-corrected chi connectivity index (χ2v) is 7.32. The average Bonchev–Trinajstić information content (AvgIpc) is 3.35. The van der Waals surface area contributed by atoms with Crippen molar-refractivity contribution in [3.8, 4) is 0 Å². The van der Waals surface area contributed by atoms with Crippen molar-refractivity contribution in [2.75, 3.05) is 11.9 Å². The summed E-state index contributed by atoms with van der Waals surface area (Å²) < 4.78 is 38.3. The largest absolute Gasteiger partial charge is 0.390 e. The molecule has 0 aromatic carbocycles. The number of amides is 2. The molecule has 2 aliphatic rings. The van der Waals surface area contributed by atoms with E-state index in [1.807, 2.05) is 0 Å². The number of hydrogen-bond acceptors (Lipinski definition) is 4. The van der Waals surface area contributed by atoms with Crippen molar-refractivity contribution in [1.82, 2.24) is 15.1 Å². The molecule has 1 aromatic heterocycles. The van der Waals surface area contributed by atoms with Crippen LogP contribution in [0.2, 0.25) is 0 Å². The summed E-state index contributed by atoms with van der Waals surface area (Å²) in [5, 5.41) is 9.96. The van der Waals surface area contributed by atoms with Gasteiger partial charge in [0, 0.05) is 24.7 Å². The van der Waals surface area contributed by atoms with Gasteiger partial charge in [0.1, 0.15) is 5.56 Å². The topological polar surface area (TPSA) is 102 Å². The first-order chi connectivity index (χ1) is 12.7. The summed E-state index contributed by atoms with van der Waals surface area (Å²) in [6.45, 7) is -0.0796. The number of aromatic nitrogens is 2. The van der Waals surface area contributed by atoms with Crippen LogP contribution in [0.3, 0.4) is 0 Å². The zero-order valence-corrected chi connectivity index (χ0v) is 14.9. The number of primary amides is 1. The molecule has 2 aliphatic carbocycles. The molecule has 2 saturated carbocycles. The maximum Gasteiger partial charge on any atom is 0.390 e. The molecule has 4 N–H and O–H groups in total. The summed E-state index contributed by atoms with van der Waals surface area (Å²) in [5.74, 6) is -0.644. The highest BCUT2D eigenvalue weighted by atomic mass is 19.4. The van der Waals surface area contributed by atoms with Gasteiger partial charge in [0.05, 0.1) is 12.5 Å². The summed E-state index contributed by atoms with van der Waals surface area (Å²) in [4.78, 5) is 23.6. The third kappa shape index (κ3) is 5.44. The Hall–Kier alpha value is -2.10. The highest BCUT2D eigenvalue weighted by Gasteiger charge is 2.32. The summed E-state index contributed by atoms with van der Waals surface area (Å²) in [7, 11) is 0. The van der Waals surface area contributed by atoms with Crippen LogP contribution in [0.25, 0.3) is 0 Å². The summed E-state index contributed by atoms with van der Waals surface area (Å²) in [6.07, 6.45) is 1.12. The van der Waals surface area contributed by atoms with E-state index in [0.717, 1.165) is 38.5 Å². The van der Waals surface area contributed by atoms with E-state index in [4.69, 9.17) is 5.73 Å². The Morgan fingerprint density at radius 1 is 1.19 bits per heavy atom. The lowest BCUT2D eigenvalue weighted by Gasteiger charge is -2.29. The molecule has 1 aromatic rings. The number of anilines is 1. The molecule has 2 fully saturated rings. The molecule has 0 aliphatic heterocycles. The third-order valence-electron chi connectivity index (χ3n) is 5.10. The lowest BCUT2D eigenvalue weighted by molar-refractivity contribution is -0.133. The van der Waals surface area contributed by atoms with Crippen LogP contribution in [0.15, 0.2) is 6.20 Å². The van der Waals surface area contributed by atoms with Gasteiger partial charge in [0.25, 0.3) is 5.91 Å². The number of carbonyl (C=O) groups excluding carboxylic acids is 2. The van der Waals surface area contributed by atoms with Gasteiger partial charge >= 0.3 is 6.18 Å². The first-order valence-electron chi connectivity index (χ1n) is 9.23. The van der Waals surface area contributed by atoms with Crippen molar-refractivity contribution < 1.29 is 22.8 Å². The molecule has 150 valence electrons. The van der Waals surface area contributed by atoms with Crippen LogP contribution in [0.5, 0.6) is 0 Å². The number of alkyl halides is 3. The average molecular weight is 387 g/mol. The molecule has 10 heteroatoms. The lowest BCUT2D eigenvalue weighted by Crippen LogP contribution is -2.35. The van der Waals surface area contributed by atoms with Gasteiger partial charge in [0.2, 0.25) is 5.91 Å². The maximum absolute atomic E-state index is 12.2. The molecule has 3 rings (SSSR count). The van der Waals surface area contributed by atoms with Crippen LogP contribution in [0.1, 0.15) is 61.3 Å². The van der Waals surface area contributed by atoms with Crippen molar-refractivity contribution in [2.24, 2.45) is 11.7 Å². The van der Waals surface area contributed by atoms with Crippen molar-refractivity contribution in [3.05, 3.63) is 11.8 Å². The SMILES string of the molecule is NC(=O)c1cn(C2CCC(NCCC(F)(F)F)CC2)nc1NC(=O)C1CC1. The van der Waals surface area contributed by atoms with Crippen LogP contribution in [0, 0.1) is 5.92 Å². The Labute approximate surface area is 154 Å². The van der Waals surface area contributed by atoms with E-state index in [2.05, 4.69) is 15.7 Å². The molecule has 2 amide bonds. The van der Waals surface area contributed by atoms with Gasteiger partial charge in [-0.05, 0) is 38.5 Å². The molecule has 0 unspecified atom stereocenters. The van der Waals surface area contributed by atoms with E-state index in [1.54, 1.807) is 10.9 Å². The fourth-order valence-corrected chi connectivity index (χ4v) is 3.38. The fourth-order valence-electron chi connectivity index (χ4n) is 3.38. The van der Waals surface area contributed by atoms with Crippen molar-refractivity contribution >= 4 is 17.6 Å². The summed E-state index contributed by atoms with van der Waals surface area (Å²) in [5.41, 5.74) is 5.57. The van der Waals surface area contributed by atoms with Gasteiger partial charge in [0.15, 0.2) is 5.82 Å².